The van der Waals surface area contributed by atoms with Crippen molar-refractivity contribution in [3.8, 4) is 6.07 Å². The SMILES string of the molecule is CN1Cc2cc(NS(=O)(=O)c3ccc(C#N)cc3F)ccc2NC1=O. The van der Waals surface area contributed by atoms with Crippen LogP contribution in [-0.2, 0) is 16.6 Å². The number of nitriles is 1. The average molecular weight is 360 g/mol. The molecule has 0 spiro atoms. The second kappa shape index (κ2) is 6.07. The van der Waals surface area contributed by atoms with Gasteiger partial charge in [0.05, 0.1) is 11.6 Å². The fourth-order valence-corrected chi connectivity index (χ4v) is 3.56. The van der Waals surface area contributed by atoms with Gasteiger partial charge in [-0.05, 0) is 42.0 Å². The van der Waals surface area contributed by atoms with Crippen LogP contribution < -0.4 is 10.0 Å². The summed E-state index contributed by atoms with van der Waals surface area (Å²) < 4.78 is 41.1. The lowest BCUT2D eigenvalue weighted by molar-refractivity contribution is 0.218. The maximum absolute atomic E-state index is 14.0. The topological polar surface area (TPSA) is 102 Å². The Morgan fingerprint density at radius 1 is 1.28 bits per heavy atom. The van der Waals surface area contributed by atoms with Gasteiger partial charge in [-0.1, -0.05) is 0 Å². The molecule has 0 saturated heterocycles. The van der Waals surface area contributed by atoms with Crippen LogP contribution in [0.25, 0.3) is 0 Å². The molecule has 3 rings (SSSR count). The molecule has 7 nitrogen and oxygen atoms in total. The number of benzene rings is 2. The highest BCUT2D eigenvalue weighted by molar-refractivity contribution is 7.92. The van der Waals surface area contributed by atoms with Crippen molar-refractivity contribution >= 4 is 27.4 Å². The quantitative estimate of drug-likeness (QED) is 0.878. The van der Waals surface area contributed by atoms with Gasteiger partial charge in [-0.25, -0.2) is 17.6 Å². The average Bonchev–Trinajstić information content (AvgIpc) is 2.55. The van der Waals surface area contributed by atoms with E-state index in [4.69, 9.17) is 5.26 Å². The smallest absolute Gasteiger partial charge is 0.321 e. The fourth-order valence-electron chi connectivity index (χ4n) is 2.45. The summed E-state index contributed by atoms with van der Waals surface area (Å²) in [6.07, 6.45) is 0. The first-order valence-corrected chi connectivity index (χ1v) is 8.66. The largest absolute Gasteiger partial charge is 0.323 e. The molecule has 0 bridgehead atoms. The van der Waals surface area contributed by atoms with Crippen molar-refractivity contribution in [2.45, 2.75) is 11.4 Å². The van der Waals surface area contributed by atoms with E-state index in [9.17, 15) is 17.6 Å². The molecule has 0 fully saturated rings. The normalized spacial score (nSPS) is 13.6. The van der Waals surface area contributed by atoms with Crippen molar-refractivity contribution in [1.82, 2.24) is 4.90 Å². The summed E-state index contributed by atoms with van der Waals surface area (Å²) in [5.74, 6) is -1.00. The predicted molar refractivity (Wildman–Crippen MR) is 88.9 cm³/mol. The maximum Gasteiger partial charge on any atom is 0.321 e. The minimum absolute atomic E-state index is 0.0315. The zero-order valence-corrected chi connectivity index (χ0v) is 13.9. The molecule has 2 aromatic carbocycles. The number of carbonyl (C=O) groups excluding carboxylic acids is 1. The predicted octanol–water partition coefficient (Wildman–Crippen LogP) is 2.48. The van der Waals surface area contributed by atoms with Crippen LogP contribution in [0.15, 0.2) is 41.3 Å². The molecule has 0 radical (unpaired) electrons. The first kappa shape index (κ1) is 16.7. The van der Waals surface area contributed by atoms with E-state index in [2.05, 4.69) is 10.0 Å². The third-order valence-corrected chi connectivity index (χ3v) is 5.12. The number of nitrogens with zero attached hydrogens (tertiary/aromatic N) is 2. The van der Waals surface area contributed by atoms with Crippen LogP contribution in [0.1, 0.15) is 11.1 Å². The molecule has 1 heterocycles. The molecule has 1 aliphatic rings. The van der Waals surface area contributed by atoms with Crippen molar-refractivity contribution in [2.75, 3.05) is 17.1 Å². The number of nitrogens with one attached hydrogen (secondary N) is 2. The number of rotatable bonds is 3. The molecule has 0 saturated carbocycles. The molecule has 0 aromatic heterocycles. The first-order valence-electron chi connectivity index (χ1n) is 7.17. The Bertz CT molecular complexity index is 1010. The Hall–Kier alpha value is -3.12. The standard InChI is InChI=1S/C16H13FN4O3S/c1-21-9-11-7-12(3-4-14(11)19-16(21)22)20-25(23,24)15-5-2-10(8-18)6-13(15)17/h2-7,20H,9H2,1H3,(H,19,22). The lowest BCUT2D eigenvalue weighted by Gasteiger charge is -2.26. The molecule has 1 aliphatic heterocycles. The third kappa shape index (κ3) is 3.25. The van der Waals surface area contributed by atoms with Crippen LogP contribution >= 0.6 is 0 Å². The van der Waals surface area contributed by atoms with Crippen molar-refractivity contribution < 1.29 is 17.6 Å². The van der Waals surface area contributed by atoms with Crippen molar-refractivity contribution in [1.29, 1.82) is 5.26 Å². The molecular weight excluding hydrogens is 347 g/mol. The third-order valence-electron chi connectivity index (χ3n) is 3.70. The number of fused-ring (bicyclic) bond motifs is 1. The summed E-state index contributed by atoms with van der Waals surface area (Å²) in [5, 5.41) is 11.4. The molecule has 25 heavy (non-hydrogen) atoms. The van der Waals surface area contributed by atoms with Gasteiger partial charge in [-0.2, -0.15) is 5.26 Å². The molecule has 2 aromatic rings. The second-order valence-electron chi connectivity index (χ2n) is 5.52. The van der Waals surface area contributed by atoms with Crippen molar-refractivity contribution in [2.24, 2.45) is 0 Å². The van der Waals surface area contributed by atoms with Gasteiger partial charge in [0.1, 0.15) is 10.7 Å². The van der Waals surface area contributed by atoms with E-state index in [0.717, 1.165) is 17.7 Å². The lowest BCUT2D eigenvalue weighted by Crippen LogP contribution is -2.35. The Morgan fingerprint density at radius 2 is 2.04 bits per heavy atom. The zero-order valence-electron chi connectivity index (χ0n) is 13.1. The van der Waals surface area contributed by atoms with Crippen LogP contribution in [0, 0.1) is 17.1 Å². The first-order chi connectivity index (χ1) is 11.8. The highest BCUT2D eigenvalue weighted by atomic mass is 32.2. The van der Waals surface area contributed by atoms with Crippen LogP contribution in [0.3, 0.4) is 0 Å². The summed E-state index contributed by atoms with van der Waals surface area (Å²) in [5.41, 5.74) is 1.59. The van der Waals surface area contributed by atoms with Crippen LogP contribution in [0.4, 0.5) is 20.6 Å². The van der Waals surface area contributed by atoms with Crippen molar-refractivity contribution in [3.63, 3.8) is 0 Å². The van der Waals surface area contributed by atoms with Gasteiger partial charge < -0.3 is 10.2 Å². The molecule has 0 atom stereocenters. The van der Waals surface area contributed by atoms with Gasteiger partial charge in [0.2, 0.25) is 0 Å². The Balaban J connectivity index is 1.91. The van der Waals surface area contributed by atoms with E-state index < -0.39 is 20.7 Å². The van der Waals surface area contributed by atoms with Crippen LogP contribution in [0.5, 0.6) is 0 Å². The number of halogens is 1. The highest BCUT2D eigenvalue weighted by Gasteiger charge is 2.22. The molecule has 0 aliphatic carbocycles. The number of amides is 2. The lowest BCUT2D eigenvalue weighted by atomic mass is 10.1. The van der Waals surface area contributed by atoms with E-state index in [1.807, 2.05) is 0 Å². The summed E-state index contributed by atoms with van der Waals surface area (Å²) in [4.78, 5) is 12.5. The molecule has 9 heteroatoms. The van der Waals surface area contributed by atoms with Crippen molar-refractivity contribution in [3.05, 3.63) is 53.3 Å². The second-order valence-corrected chi connectivity index (χ2v) is 7.17. The highest BCUT2D eigenvalue weighted by Crippen LogP contribution is 2.27. The summed E-state index contributed by atoms with van der Waals surface area (Å²) in [7, 11) is -2.54. The van der Waals surface area contributed by atoms with Crippen LogP contribution in [-0.4, -0.2) is 26.4 Å². The molecular formula is C16H13FN4O3S. The van der Waals surface area contributed by atoms with Gasteiger partial charge in [0.15, 0.2) is 0 Å². The Morgan fingerprint density at radius 3 is 2.72 bits per heavy atom. The van der Waals surface area contributed by atoms with Gasteiger partial charge in [0.25, 0.3) is 10.0 Å². The zero-order chi connectivity index (χ0) is 18.2. The Labute approximate surface area is 143 Å². The van der Waals surface area contributed by atoms with E-state index in [0.29, 0.717) is 12.2 Å². The fraction of sp³-hybridized carbons (Fsp3) is 0.125. The summed E-state index contributed by atoms with van der Waals surface area (Å²) >= 11 is 0. The number of sulfonamides is 1. The van der Waals surface area contributed by atoms with Gasteiger partial charge in [-0.15, -0.1) is 0 Å². The number of carbonyl (C=O) groups is 1. The number of hydrogen-bond acceptors (Lipinski definition) is 4. The van der Waals surface area contributed by atoms with E-state index in [-0.39, 0.29) is 17.3 Å². The van der Waals surface area contributed by atoms with E-state index in [1.54, 1.807) is 25.2 Å². The van der Waals surface area contributed by atoms with Gasteiger partial charge >= 0.3 is 6.03 Å². The van der Waals surface area contributed by atoms with E-state index in [1.165, 1.54) is 17.0 Å². The minimum atomic E-state index is -4.16. The van der Waals surface area contributed by atoms with Gasteiger partial charge in [-0.3, -0.25) is 4.72 Å². The monoisotopic (exact) mass is 360 g/mol. The number of anilines is 2. The molecule has 2 amide bonds. The summed E-state index contributed by atoms with van der Waals surface area (Å²) in [6, 6.07) is 9.26. The van der Waals surface area contributed by atoms with Crippen LogP contribution in [0.2, 0.25) is 0 Å². The Kier molecular flexibility index (Phi) is 4.06. The number of hydrogen-bond donors (Lipinski definition) is 2. The van der Waals surface area contributed by atoms with Gasteiger partial charge in [0, 0.05) is 25.0 Å². The number of urea groups is 1. The molecule has 128 valence electrons. The maximum atomic E-state index is 14.0. The molecule has 2 N–H and O–H groups in total. The summed E-state index contributed by atoms with van der Waals surface area (Å²) in [6.45, 7) is 0.321. The minimum Gasteiger partial charge on any atom is -0.323 e. The molecule has 0 unspecified atom stereocenters. The van der Waals surface area contributed by atoms with E-state index >= 15 is 0 Å².